The molecule has 0 bridgehead atoms. The van der Waals surface area contributed by atoms with E-state index in [4.69, 9.17) is 4.74 Å². The number of pyridine rings is 1. The molecule has 0 amide bonds. The molecule has 0 fully saturated rings. The van der Waals surface area contributed by atoms with Crippen LogP contribution in [0.4, 0.5) is 0 Å². The summed E-state index contributed by atoms with van der Waals surface area (Å²) in [5.41, 5.74) is 4.94. The van der Waals surface area contributed by atoms with Crippen LogP contribution < -0.4 is 10.3 Å². The zero-order valence-electron chi connectivity index (χ0n) is 16.0. The van der Waals surface area contributed by atoms with Crippen LogP contribution in [0.2, 0.25) is 0 Å². The molecule has 3 aromatic heterocycles. The van der Waals surface area contributed by atoms with Crippen molar-refractivity contribution in [3.63, 3.8) is 0 Å². The molecule has 0 aliphatic heterocycles. The summed E-state index contributed by atoms with van der Waals surface area (Å²) in [6, 6.07) is 19.3. The molecule has 0 aliphatic rings. The number of para-hydroxylation sites is 1. The molecular weight excluding hydrogens is 364 g/mol. The normalized spacial score (nSPS) is 11.2. The van der Waals surface area contributed by atoms with E-state index in [0.717, 1.165) is 39.4 Å². The molecular formula is C23H18N4O2. The molecule has 6 nitrogen and oxygen atoms in total. The van der Waals surface area contributed by atoms with Gasteiger partial charge in [0, 0.05) is 23.6 Å². The van der Waals surface area contributed by atoms with Gasteiger partial charge in [-0.05, 0) is 42.8 Å². The first kappa shape index (κ1) is 17.2. The molecule has 3 heterocycles. The van der Waals surface area contributed by atoms with Gasteiger partial charge < -0.3 is 4.74 Å². The largest absolute Gasteiger partial charge is 0.497 e. The van der Waals surface area contributed by atoms with Crippen LogP contribution in [-0.2, 0) is 0 Å². The van der Waals surface area contributed by atoms with Gasteiger partial charge in [0.05, 0.1) is 23.7 Å². The van der Waals surface area contributed by atoms with E-state index in [2.05, 4.69) is 10.1 Å². The summed E-state index contributed by atoms with van der Waals surface area (Å²) in [6.07, 6.45) is 3.42. The van der Waals surface area contributed by atoms with E-state index in [-0.39, 0.29) is 5.56 Å². The maximum absolute atomic E-state index is 13.1. The second-order valence-corrected chi connectivity index (χ2v) is 6.81. The van der Waals surface area contributed by atoms with Gasteiger partial charge in [-0.25, -0.2) is 9.50 Å². The summed E-state index contributed by atoms with van der Waals surface area (Å²) in [7, 11) is 1.64. The molecule has 0 atom stereocenters. The van der Waals surface area contributed by atoms with Gasteiger partial charge in [-0.15, -0.1) is 0 Å². The minimum atomic E-state index is -0.123. The number of aryl methyl sites for hydroxylation is 1. The van der Waals surface area contributed by atoms with E-state index in [9.17, 15) is 4.79 Å². The van der Waals surface area contributed by atoms with E-state index in [1.54, 1.807) is 28.6 Å². The molecule has 2 aromatic carbocycles. The first-order valence-electron chi connectivity index (χ1n) is 9.27. The standard InChI is InChI=1S/C23H18N4O2/c1-15-21(16-8-10-18(29-2)11-9-16)22-24-14-19-20(27(22)25-15)12-13-26(23(19)28)17-6-4-3-5-7-17/h3-14H,1-2H3. The van der Waals surface area contributed by atoms with Gasteiger partial charge in [-0.3, -0.25) is 9.36 Å². The van der Waals surface area contributed by atoms with E-state index < -0.39 is 0 Å². The highest BCUT2D eigenvalue weighted by atomic mass is 16.5. The summed E-state index contributed by atoms with van der Waals surface area (Å²) in [6.45, 7) is 1.95. The van der Waals surface area contributed by atoms with Crippen molar-refractivity contribution in [3.8, 4) is 22.6 Å². The van der Waals surface area contributed by atoms with Crippen LogP contribution >= 0.6 is 0 Å². The van der Waals surface area contributed by atoms with E-state index in [0.29, 0.717) is 5.39 Å². The van der Waals surface area contributed by atoms with Gasteiger partial charge in [-0.1, -0.05) is 30.3 Å². The van der Waals surface area contributed by atoms with Crippen molar-refractivity contribution in [1.82, 2.24) is 19.2 Å². The van der Waals surface area contributed by atoms with Crippen LogP contribution in [0.5, 0.6) is 5.75 Å². The molecule has 5 aromatic rings. The summed E-state index contributed by atoms with van der Waals surface area (Å²) in [5.74, 6) is 0.794. The Labute approximate surface area is 166 Å². The molecule has 29 heavy (non-hydrogen) atoms. The predicted molar refractivity (Wildman–Crippen MR) is 113 cm³/mol. The lowest BCUT2D eigenvalue weighted by atomic mass is 10.1. The fourth-order valence-corrected chi connectivity index (χ4v) is 3.66. The molecule has 142 valence electrons. The fourth-order valence-electron chi connectivity index (χ4n) is 3.66. The number of nitrogens with zero attached hydrogens (tertiary/aromatic N) is 4. The summed E-state index contributed by atoms with van der Waals surface area (Å²) >= 11 is 0. The van der Waals surface area contributed by atoms with Crippen LogP contribution in [-0.4, -0.2) is 26.3 Å². The Balaban J connectivity index is 1.74. The van der Waals surface area contributed by atoms with Gasteiger partial charge in [0.1, 0.15) is 5.75 Å². The predicted octanol–water partition coefficient (Wildman–Crippen LogP) is 4.02. The Morgan fingerprint density at radius 2 is 1.72 bits per heavy atom. The number of rotatable bonds is 3. The first-order chi connectivity index (χ1) is 14.2. The number of fused-ring (bicyclic) bond motifs is 3. The van der Waals surface area contributed by atoms with Crippen LogP contribution in [0, 0.1) is 6.92 Å². The van der Waals surface area contributed by atoms with Crippen molar-refractivity contribution >= 4 is 16.6 Å². The Kier molecular flexibility index (Phi) is 3.91. The third-order valence-electron chi connectivity index (χ3n) is 5.10. The van der Waals surface area contributed by atoms with Crippen molar-refractivity contribution in [2.45, 2.75) is 6.92 Å². The molecule has 5 rings (SSSR count). The average molecular weight is 382 g/mol. The number of aromatic nitrogens is 4. The number of hydrogen-bond acceptors (Lipinski definition) is 4. The van der Waals surface area contributed by atoms with Crippen molar-refractivity contribution in [2.75, 3.05) is 7.11 Å². The monoisotopic (exact) mass is 382 g/mol. The minimum Gasteiger partial charge on any atom is -0.497 e. The van der Waals surface area contributed by atoms with Crippen molar-refractivity contribution < 1.29 is 4.74 Å². The molecule has 0 unspecified atom stereocenters. The first-order valence-corrected chi connectivity index (χ1v) is 9.27. The zero-order valence-corrected chi connectivity index (χ0v) is 16.0. The van der Waals surface area contributed by atoms with E-state index >= 15 is 0 Å². The van der Waals surface area contributed by atoms with Gasteiger partial charge >= 0.3 is 0 Å². The number of methoxy groups -OCH3 is 1. The summed E-state index contributed by atoms with van der Waals surface area (Å²) in [4.78, 5) is 17.7. The van der Waals surface area contributed by atoms with Crippen LogP contribution in [0.15, 0.2) is 77.9 Å². The molecule has 0 radical (unpaired) electrons. The highest BCUT2D eigenvalue weighted by Gasteiger charge is 2.16. The van der Waals surface area contributed by atoms with Gasteiger partial charge in [0.15, 0.2) is 5.65 Å². The quantitative estimate of drug-likeness (QED) is 0.473. The second-order valence-electron chi connectivity index (χ2n) is 6.81. The Morgan fingerprint density at radius 3 is 2.45 bits per heavy atom. The van der Waals surface area contributed by atoms with Gasteiger partial charge in [0.2, 0.25) is 0 Å². The van der Waals surface area contributed by atoms with Crippen LogP contribution in [0.3, 0.4) is 0 Å². The topological polar surface area (TPSA) is 61.4 Å². The van der Waals surface area contributed by atoms with Crippen molar-refractivity contribution in [1.29, 1.82) is 0 Å². The smallest absolute Gasteiger partial charge is 0.266 e. The van der Waals surface area contributed by atoms with Crippen molar-refractivity contribution in [3.05, 3.63) is 89.1 Å². The molecule has 0 saturated carbocycles. The maximum Gasteiger partial charge on any atom is 0.266 e. The summed E-state index contributed by atoms with van der Waals surface area (Å²) < 4.78 is 8.62. The Morgan fingerprint density at radius 1 is 0.966 bits per heavy atom. The Bertz CT molecular complexity index is 1400. The number of ether oxygens (including phenoxy) is 1. The molecule has 0 aliphatic carbocycles. The SMILES string of the molecule is COc1ccc(-c2c(C)nn3c2ncc2c(=O)n(-c4ccccc4)ccc23)cc1. The van der Waals surface area contributed by atoms with E-state index in [1.807, 2.05) is 67.6 Å². The molecule has 0 saturated heterocycles. The highest BCUT2D eigenvalue weighted by Crippen LogP contribution is 2.29. The lowest BCUT2D eigenvalue weighted by Gasteiger charge is -2.08. The summed E-state index contributed by atoms with van der Waals surface area (Å²) in [5, 5.41) is 5.20. The van der Waals surface area contributed by atoms with Gasteiger partial charge in [-0.2, -0.15) is 5.10 Å². The van der Waals surface area contributed by atoms with E-state index in [1.165, 1.54) is 0 Å². The van der Waals surface area contributed by atoms with Crippen LogP contribution in [0.1, 0.15) is 5.69 Å². The molecule has 0 spiro atoms. The highest BCUT2D eigenvalue weighted by molar-refractivity contribution is 5.86. The third kappa shape index (κ3) is 2.69. The fraction of sp³-hybridized carbons (Fsp3) is 0.0870. The van der Waals surface area contributed by atoms with Crippen molar-refractivity contribution in [2.24, 2.45) is 0 Å². The second kappa shape index (κ2) is 6.60. The van der Waals surface area contributed by atoms with Crippen LogP contribution in [0.25, 0.3) is 33.4 Å². The Hall–Kier alpha value is -3.93. The zero-order chi connectivity index (χ0) is 20.0. The number of benzene rings is 2. The lowest BCUT2D eigenvalue weighted by Crippen LogP contribution is -2.18. The maximum atomic E-state index is 13.1. The average Bonchev–Trinajstić information content (AvgIpc) is 3.11. The molecule has 6 heteroatoms. The minimum absolute atomic E-state index is 0.123. The molecule has 0 N–H and O–H groups in total. The third-order valence-corrected chi connectivity index (χ3v) is 5.10. The lowest BCUT2D eigenvalue weighted by molar-refractivity contribution is 0.415. The number of hydrogen-bond donors (Lipinski definition) is 0. The van der Waals surface area contributed by atoms with Gasteiger partial charge in [0.25, 0.3) is 5.56 Å².